The number of hydrogen-bond acceptors (Lipinski definition) is 4. The summed E-state index contributed by atoms with van der Waals surface area (Å²) in [5, 5.41) is 3.90. The van der Waals surface area contributed by atoms with Crippen LogP contribution in [0.15, 0.2) is 22.9 Å². The van der Waals surface area contributed by atoms with Crippen molar-refractivity contribution in [1.29, 1.82) is 0 Å². The average molecular weight is 295 g/mol. The van der Waals surface area contributed by atoms with Gasteiger partial charge in [0.15, 0.2) is 5.58 Å². The number of terminal acetylenes is 1. The molecule has 0 spiro atoms. The minimum atomic E-state index is -0.134. The number of rotatable bonds is 2. The summed E-state index contributed by atoms with van der Waals surface area (Å²) in [6.07, 6.45) is 10.8. The van der Waals surface area contributed by atoms with E-state index in [1.807, 2.05) is 0 Å². The normalized spacial score (nSPS) is 26.8. The molecule has 112 valence electrons. The molecule has 1 N–H and O–H groups in total. The molecule has 3 aliphatic heterocycles. The molecule has 5 heteroatoms. The van der Waals surface area contributed by atoms with Crippen molar-refractivity contribution < 1.29 is 9.21 Å². The van der Waals surface area contributed by atoms with Gasteiger partial charge in [-0.15, -0.1) is 6.42 Å². The van der Waals surface area contributed by atoms with Crippen molar-refractivity contribution in [1.82, 2.24) is 15.2 Å². The zero-order valence-electron chi connectivity index (χ0n) is 12.2. The van der Waals surface area contributed by atoms with Gasteiger partial charge in [0.25, 0.3) is 5.91 Å². The molecule has 0 aromatic carbocycles. The number of piperidine rings is 3. The highest BCUT2D eigenvalue weighted by Crippen LogP contribution is 2.28. The Morgan fingerprint density at radius 3 is 2.95 bits per heavy atom. The fourth-order valence-corrected chi connectivity index (χ4v) is 3.54. The van der Waals surface area contributed by atoms with Crippen LogP contribution < -0.4 is 5.32 Å². The summed E-state index contributed by atoms with van der Waals surface area (Å²) >= 11 is 0. The van der Waals surface area contributed by atoms with E-state index in [1.54, 1.807) is 12.3 Å². The van der Waals surface area contributed by atoms with E-state index in [4.69, 9.17) is 10.8 Å². The Morgan fingerprint density at radius 2 is 2.27 bits per heavy atom. The van der Waals surface area contributed by atoms with Crippen molar-refractivity contribution in [2.75, 3.05) is 19.6 Å². The van der Waals surface area contributed by atoms with Crippen molar-refractivity contribution in [3.63, 3.8) is 0 Å². The van der Waals surface area contributed by atoms with Gasteiger partial charge < -0.3 is 14.6 Å². The summed E-state index contributed by atoms with van der Waals surface area (Å²) < 4.78 is 5.32. The van der Waals surface area contributed by atoms with E-state index in [-0.39, 0.29) is 11.9 Å². The van der Waals surface area contributed by atoms with Gasteiger partial charge in [0.05, 0.1) is 11.8 Å². The van der Waals surface area contributed by atoms with Gasteiger partial charge in [0, 0.05) is 18.0 Å². The van der Waals surface area contributed by atoms with Gasteiger partial charge in [-0.2, -0.15) is 0 Å². The van der Waals surface area contributed by atoms with Crippen molar-refractivity contribution in [3.05, 3.63) is 29.8 Å². The van der Waals surface area contributed by atoms with E-state index in [1.165, 1.54) is 19.1 Å². The van der Waals surface area contributed by atoms with Crippen LogP contribution in [0.5, 0.6) is 0 Å². The number of pyridine rings is 1. The smallest absolute Gasteiger partial charge is 0.270 e. The predicted molar refractivity (Wildman–Crippen MR) is 82.4 cm³/mol. The third-order valence-electron chi connectivity index (χ3n) is 4.82. The molecular formula is C17H17N3O2. The van der Waals surface area contributed by atoms with Crippen LogP contribution in [-0.2, 0) is 0 Å². The molecule has 5 rings (SSSR count). The Bertz CT molecular complexity index is 766. The molecule has 2 aromatic heterocycles. The van der Waals surface area contributed by atoms with Crippen LogP contribution in [0, 0.1) is 18.3 Å². The first kappa shape index (κ1) is 13.4. The molecule has 5 nitrogen and oxygen atoms in total. The third-order valence-corrected chi connectivity index (χ3v) is 4.82. The zero-order valence-corrected chi connectivity index (χ0v) is 12.2. The maximum Gasteiger partial charge on any atom is 0.270 e. The number of hydrogen-bond donors (Lipinski definition) is 1. The van der Waals surface area contributed by atoms with Gasteiger partial charge in [-0.1, -0.05) is 5.92 Å². The number of amides is 1. The number of nitrogens with one attached hydrogen (secondary N) is 1. The van der Waals surface area contributed by atoms with Crippen LogP contribution in [0.1, 0.15) is 28.9 Å². The van der Waals surface area contributed by atoms with Crippen molar-refractivity contribution in [2.45, 2.75) is 18.9 Å². The number of aromatic nitrogens is 1. The van der Waals surface area contributed by atoms with Crippen LogP contribution in [0.4, 0.5) is 0 Å². The molecule has 0 radical (unpaired) electrons. The fourth-order valence-electron chi connectivity index (χ4n) is 3.54. The number of nitrogens with zero attached hydrogens (tertiary/aromatic N) is 2. The highest BCUT2D eigenvalue weighted by molar-refractivity contribution is 5.96. The zero-order chi connectivity index (χ0) is 15.1. The van der Waals surface area contributed by atoms with Gasteiger partial charge in [-0.05, 0) is 37.9 Å². The second-order valence-electron chi connectivity index (χ2n) is 6.08. The first-order valence-electron chi connectivity index (χ1n) is 7.61. The summed E-state index contributed by atoms with van der Waals surface area (Å²) in [6.45, 7) is 3.25. The predicted octanol–water partition coefficient (Wildman–Crippen LogP) is 1.63. The van der Waals surface area contributed by atoms with Crippen molar-refractivity contribution in [2.24, 2.45) is 5.92 Å². The minimum absolute atomic E-state index is 0.134. The lowest BCUT2D eigenvalue weighted by Gasteiger charge is -2.44. The first-order chi connectivity index (χ1) is 10.7. The van der Waals surface area contributed by atoms with E-state index >= 15 is 0 Å². The number of fused-ring (bicyclic) bond motifs is 4. The highest BCUT2D eigenvalue weighted by Gasteiger charge is 2.35. The molecule has 5 heterocycles. The Balaban J connectivity index is 1.56. The highest BCUT2D eigenvalue weighted by atomic mass is 16.3. The molecule has 0 saturated carbocycles. The molecule has 3 aliphatic rings. The Kier molecular flexibility index (Phi) is 3.12. The molecule has 1 atom stereocenters. The van der Waals surface area contributed by atoms with E-state index in [0.29, 0.717) is 22.8 Å². The number of carbonyl (C=O) groups excluding carboxylic acids is 1. The molecule has 0 unspecified atom stereocenters. The van der Waals surface area contributed by atoms with Gasteiger partial charge >= 0.3 is 0 Å². The van der Waals surface area contributed by atoms with Gasteiger partial charge in [0.1, 0.15) is 12.0 Å². The molecule has 1 amide bonds. The van der Waals surface area contributed by atoms with E-state index < -0.39 is 0 Å². The molecule has 2 bridgehead atoms. The Labute approximate surface area is 128 Å². The second-order valence-corrected chi connectivity index (χ2v) is 6.08. The lowest BCUT2D eigenvalue weighted by atomic mass is 9.84. The number of carbonyl (C=O) groups is 1. The van der Waals surface area contributed by atoms with Crippen LogP contribution in [0.3, 0.4) is 0 Å². The maximum absolute atomic E-state index is 12.5. The summed E-state index contributed by atoms with van der Waals surface area (Å²) in [6, 6.07) is 1.94. The van der Waals surface area contributed by atoms with Gasteiger partial charge in [-0.3, -0.25) is 4.79 Å². The standard InChI is InChI=1S/C17H17N3O2/c1-2-11-10-22-16-8-18-14(7-13(11)16)17(21)19-15-9-20-5-3-12(15)4-6-20/h1,7-8,10,12,15H,3-6,9H2,(H,19,21)/t15-/m1/s1. The monoisotopic (exact) mass is 295 g/mol. The van der Waals surface area contributed by atoms with Crippen molar-refractivity contribution in [3.8, 4) is 12.3 Å². The minimum Gasteiger partial charge on any atom is -0.461 e. The van der Waals surface area contributed by atoms with E-state index in [2.05, 4.69) is 21.1 Å². The van der Waals surface area contributed by atoms with Crippen molar-refractivity contribution >= 4 is 16.9 Å². The van der Waals surface area contributed by atoms with E-state index in [0.717, 1.165) is 25.0 Å². The molecule has 22 heavy (non-hydrogen) atoms. The molecule has 0 aliphatic carbocycles. The van der Waals surface area contributed by atoms with Gasteiger partial charge in [-0.25, -0.2) is 4.98 Å². The summed E-state index contributed by atoms with van der Waals surface area (Å²) in [4.78, 5) is 19.1. The quantitative estimate of drug-likeness (QED) is 0.856. The van der Waals surface area contributed by atoms with E-state index in [9.17, 15) is 4.79 Å². The molecule has 3 saturated heterocycles. The van der Waals surface area contributed by atoms with Crippen LogP contribution in [-0.4, -0.2) is 41.5 Å². The maximum atomic E-state index is 12.5. The number of furan rings is 1. The first-order valence-corrected chi connectivity index (χ1v) is 7.61. The molecular weight excluding hydrogens is 278 g/mol. The molecule has 3 fully saturated rings. The SMILES string of the molecule is C#Cc1coc2cnc(C(=O)N[C@@H]3CN4CCC3CC4)cc12. The largest absolute Gasteiger partial charge is 0.461 e. The van der Waals surface area contributed by atoms with Crippen LogP contribution in [0.25, 0.3) is 11.0 Å². The van der Waals surface area contributed by atoms with Crippen LogP contribution >= 0.6 is 0 Å². The summed E-state index contributed by atoms with van der Waals surface area (Å²) in [7, 11) is 0. The average Bonchev–Trinajstić information content (AvgIpc) is 2.98. The van der Waals surface area contributed by atoms with Gasteiger partial charge in [0.2, 0.25) is 0 Å². The fraction of sp³-hybridized carbons (Fsp3) is 0.412. The Hall–Kier alpha value is -2.32. The summed E-state index contributed by atoms with van der Waals surface area (Å²) in [5.41, 5.74) is 1.64. The molecule has 2 aromatic rings. The lowest BCUT2D eigenvalue weighted by Crippen LogP contribution is -2.57. The topological polar surface area (TPSA) is 58.4 Å². The third kappa shape index (κ3) is 2.16. The second kappa shape index (κ2) is 5.15. The lowest BCUT2D eigenvalue weighted by molar-refractivity contribution is 0.0618. The summed E-state index contributed by atoms with van der Waals surface area (Å²) in [5.74, 6) is 3.02. The van der Waals surface area contributed by atoms with Crippen LogP contribution in [0.2, 0.25) is 0 Å². The Morgan fingerprint density at radius 1 is 1.45 bits per heavy atom.